The van der Waals surface area contributed by atoms with Crippen molar-refractivity contribution < 1.29 is 4.79 Å². The highest BCUT2D eigenvalue weighted by molar-refractivity contribution is 7.09. The van der Waals surface area contributed by atoms with Crippen molar-refractivity contribution in [2.75, 3.05) is 0 Å². The molecule has 0 aromatic carbocycles. The molecule has 1 rings (SSSR count). The number of hydrogen-bond donors (Lipinski definition) is 2. The molecule has 0 aliphatic heterocycles. The first kappa shape index (κ1) is 11.1. The molecule has 1 atom stereocenters. The molecule has 3 N–H and O–H groups in total. The molecule has 0 spiro atoms. The Bertz CT molecular complexity index is 306. The van der Waals surface area contributed by atoms with E-state index in [1.54, 1.807) is 18.6 Å². The molecule has 0 saturated carbocycles. The van der Waals surface area contributed by atoms with E-state index in [1.165, 1.54) is 11.3 Å². The summed E-state index contributed by atoms with van der Waals surface area (Å²) >= 11 is 1.52. The average molecular weight is 213 g/mol. The highest BCUT2D eigenvalue weighted by Gasteiger charge is 2.25. The summed E-state index contributed by atoms with van der Waals surface area (Å²) in [5.41, 5.74) is 6.82. The Morgan fingerprint density at radius 3 is 2.79 bits per heavy atom. The first-order valence-corrected chi connectivity index (χ1v) is 5.28. The summed E-state index contributed by atoms with van der Waals surface area (Å²) in [7, 11) is 0. The summed E-state index contributed by atoms with van der Waals surface area (Å²) in [6, 6.07) is -0.484. The van der Waals surface area contributed by atoms with Crippen molar-refractivity contribution in [2.24, 2.45) is 5.73 Å². The largest absolute Gasteiger partial charge is 0.345 e. The van der Waals surface area contributed by atoms with Gasteiger partial charge in [-0.25, -0.2) is 0 Å². The molecular formula is C9H15N3OS. The predicted octanol–water partition coefficient (Wildman–Crippen LogP) is 0.842. The molecule has 0 aliphatic rings. The third kappa shape index (κ3) is 2.52. The normalized spacial score (nSPS) is 13.7. The Morgan fingerprint density at radius 2 is 2.36 bits per heavy atom. The Labute approximate surface area is 87.5 Å². The summed E-state index contributed by atoms with van der Waals surface area (Å²) in [5.74, 6) is -0.150. The monoisotopic (exact) mass is 213 g/mol. The highest BCUT2D eigenvalue weighted by atomic mass is 32.1. The lowest BCUT2D eigenvalue weighted by molar-refractivity contribution is -0.123. The maximum atomic E-state index is 11.4. The Morgan fingerprint density at radius 1 is 1.71 bits per heavy atom. The van der Waals surface area contributed by atoms with Crippen LogP contribution in [-0.2, 0) is 10.3 Å². The van der Waals surface area contributed by atoms with E-state index in [2.05, 4.69) is 10.3 Å². The first-order valence-electron chi connectivity index (χ1n) is 4.40. The molecule has 78 valence electrons. The standard InChI is InChI=1S/C9H15N3OS/c1-6(10)8(13)12-9(2,3)7-4-11-5-14-7/h4-6H,10H2,1-3H3,(H,12,13). The number of rotatable bonds is 3. The molecule has 14 heavy (non-hydrogen) atoms. The summed E-state index contributed by atoms with van der Waals surface area (Å²) in [4.78, 5) is 16.4. The lowest BCUT2D eigenvalue weighted by atomic mass is 10.0. The van der Waals surface area contributed by atoms with Crippen LogP contribution in [0.1, 0.15) is 25.6 Å². The lowest BCUT2D eigenvalue weighted by Gasteiger charge is -2.25. The zero-order valence-electron chi connectivity index (χ0n) is 8.57. The molecule has 0 saturated heterocycles. The van der Waals surface area contributed by atoms with Crippen LogP contribution in [0.2, 0.25) is 0 Å². The van der Waals surface area contributed by atoms with E-state index in [1.807, 2.05) is 13.8 Å². The molecular weight excluding hydrogens is 198 g/mol. The van der Waals surface area contributed by atoms with Crippen molar-refractivity contribution in [3.8, 4) is 0 Å². The first-order chi connectivity index (χ1) is 6.43. The summed E-state index contributed by atoms with van der Waals surface area (Å²) < 4.78 is 0. The molecule has 1 heterocycles. The molecule has 0 radical (unpaired) electrons. The van der Waals surface area contributed by atoms with Gasteiger partial charge in [0, 0.05) is 11.1 Å². The van der Waals surface area contributed by atoms with Gasteiger partial charge >= 0.3 is 0 Å². The van der Waals surface area contributed by atoms with Gasteiger partial charge in [0.1, 0.15) is 0 Å². The van der Waals surface area contributed by atoms with Crippen molar-refractivity contribution in [1.29, 1.82) is 0 Å². The second-order valence-corrected chi connectivity index (χ2v) is 4.65. The topological polar surface area (TPSA) is 68.0 Å². The van der Waals surface area contributed by atoms with E-state index in [0.29, 0.717) is 0 Å². The van der Waals surface area contributed by atoms with Crippen molar-refractivity contribution in [3.05, 3.63) is 16.6 Å². The number of hydrogen-bond acceptors (Lipinski definition) is 4. The van der Waals surface area contributed by atoms with Crippen LogP contribution in [0.25, 0.3) is 0 Å². The molecule has 0 aliphatic carbocycles. The summed E-state index contributed by atoms with van der Waals surface area (Å²) in [6.07, 6.45) is 1.76. The van der Waals surface area contributed by atoms with Crippen molar-refractivity contribution >= 4 is 17.2 Å². The van der Waals surface area contributed by atoms with Gasteiger partial charge in [0.15, 0.2) is 0 Å². The summed E-state index contributed by atoms with van der Waals surface area (Å²) in [5, 5.41) is 2.86. The number of nitrogens with zero attached hydrogens (tertiary/aromatic N) is 1. The molecule has 0 bridgehead atoms. The SMILES string of the molecule is CC(N)C(=O)NC(C)(C)c1cncs1. The van der Waals surface area contributed by atoms with Crippen LogP contribution in [0, 0.1) is 0 Å². The Balaban J connectivity index is 2.72. The minimum Gasteiger partial charge on any atom is -0.345 e. The lowest BCUT2D eigenvalue weighted by Crippen LogP contribution is -2.47. The van der Waals surface area contributed by atoms with Gasteiger partial charge in [-0.2, -0.15) is 0 Å². The molecule has 1 unspecified atom stereocenters. The average Bonchev–Trinajstić information content (AvgIpc) is 2.54. The fourth-order valence-corrected chi connectivity index (χ4v) is 1.71. The van der Waals surface area contributed by atoms with Gasteiger partial charge in [-0.1, -0.05) is 0 Å². The minimum absolute atomic E-state index is 0.150. The van der Waals surface area contributed by atoms with E-state index in [-0.39, 0.29) is 5.91 Å². The number of carbonyl (C=O) groups excluding carboxylic acids is 1. The van der Waals surface area contributed by atoms with E-state index in [4.69, 9.17) is 5.73 Å². The fraction of sp³-hybridized carbons (Fsp3) is 0.556. The molecule has 0 fully saturated rings. The second kappa shape index (κ2) is 4.06. The van der Waals surface area contributed by atoms with Crippen LogP contribution in [0.4, 0.5) is 0 Å². The van der Waals surface area contributed by atoms with Gasteiger partial charge in [-0.15, -0.1) is 11.3 Å². The van der Waals surface area contributed by atoms with Crippen LogP contribution in [-0.4, -0.2) is 16.9 Å². The number of amides is 1. The third-order valence-corrected chi connectivity index (χ3v) is 2.99. The zero-order valence-corrected chi connectivity index (χ0v) is 9.39. The van der Waals surface area contributed by atoms with Crippen LogP contribution in [0.5, 0.6) is 0 Å². The van der Waals surface area contributed by atoms with Gasteiger partial charge in [-0.05, 0) is 20.8 Å². The number of aromatic nitrogens is 1. The van der Waals surface area contributed by atoms with E-state index in [9.17, 15) is 4.79 Å². The van der Waals surface area contributed by atoms with Gasteiger partial charge in [0.2, 0.25) is 5.91 Å². The maximum Gasteiger partial charge on any atom is 0.237 e. The van der Waals surface area contributed by atoms with Gasteiger partial charge in [0.25, 0.3) is 0 Å². The van der Waals surface area contributed by atoms with Crippen molar-refractivity contribution in [2.45, 2.75) is 32.4 Å². The Kier molecular flexibility index (Phi) is 3.23. The van der Waals surface area contributed by atoms with E-state index < -0.39 is 11.6 Å². The summed E-state index contributed by atoms with van der Waals surface area (Å²) in [6.45, 7) is 5.53. The quantitative estimate of drug-likeness (QED) is 0.782. The smallest absolute Gasteiger partial charge is 0.237 e. The van der Waals surface area contributed by atoms with Crippen molar-refractivity contribution in [3.63, 3.8) is 0 Å². The van der Waals surface area contributed by atoms with Crippen LogP contribution < -0.4 is 11.1 Å². The number of nitrogens with two attached hydrogens (primary N) is 1. The van der Waals surface area contributed by atoms with E-state index >= 15 is 0 Å². The number of thiazole rings is 1. The van der Waals surface area contributed by atoms with Gasteiger partial charge in [0.05, 0.1) is 17.1 Å². The van der Waals surface area contributed by atoms with Gasteiger partial charge < -0.3 is 11.1 Å². The van der Waals surface area contributed by atoms with Crippen LogP contribution in [0.3, 0.4) is 0 Å². The fourth-order valence-electron chi connectivity index (χ4n) is 1.01. The zero-order chi connectivity index (χ0) is 10.8. The molecule has 4 nitrogen and oxygen atoms in total. The maximum absolute atomic E-state index is 11.4. The van der Waals surface area contributed by atoms with Crippen molar-refractivity contribution in [1.82, 2.24) is 10.3 Å². The highest BCUT2D eigenvalue weighted by Crippen LogP contribution is 2.23. The second-order valence-electron chi connectivity index (χ2n) is 3.77. The van der Waals surface area contributed by atoms with E-state index in [0.717, 1.165) is 4.88 Å². The predicted molar refractivity (Wildman–Crippen MR) is 56.9 cm³/mol. The Hall–Kier alpha value is -0.940. The van der Waals surface area contributed by atoms with Gasteiger partial charge in [-0.3, -0.25) is 9.78 Å². The molecule has 1 aromatic heterocycles. The molecule has 1 aromatic rings. The number of carbonyl (C=O) groups is 1. The minimum atomic E-state index is -0.484. The van der Waals surface area contributed by atoms with Crippen LogP contribution in [0.15, 0.2) is 11.7 Å². The molecule has 1 amide bonds. The molecule has 5 heteroatoms. The third-order valence-electron chi connectivity index (χ3n) is 1.90. The number of nitrogens with one attached hydrogen (secondary N) is 1. The van der Waals surface area contributed by atoms with Crippen LogP contribution >= 0.6 is 11.3 Å².